The number of nitrogens with zero attached hydrogens (tertiary/aromatic N) is 1. The quantitative estimate of drug-likeness (QED) is 0.143. The normalized spacial score (nSPS) is 19.0. The van der Waals surface area contributed by atoms with Gasteiger partial charge in [-0.1, -0.05) is 189 Å². The van der Waals surface area contributed by atoms with E-state index in [4.69, 9.17) is 4.99 Å². The first-order valence-electron chi connectivity index (χ1n) is 21.6. The molecule has 11 rings (SSSR count). The molecule has 4 aliphatic rings. The van der Waals surface area contributed by atoms with Crippen LogP contribution in [-0.4, -0.2) is 12.3 Å². The van der Waals surface area contributed by atoms with Gasteiger partial charge in [0.05, 0.1) is 5.71 Å². The molecular formula is C60H45N. The van der Waals surface area contributed by atoms with Gasteiger partial charge in [-0.05, 0) is 149 Å². The highest BCUT2D eigenvalue weighted by Gasteiger charge is 2.37. The molecule has 7 aromatic rings. The van der Waals surface area contributed by atoms with Crippen LogP contribution in [0.2, 0.25) is 0 Å². The zero-order valence-electron chi connectivity index (χ0n) is 34.5. The first-order chi connectivity index (χ1) is 30.2. The van der Waals surface area contributed by atoms with Gasteiger partial charge < -0.3 is 0 Å². The predicted molar refractivity (Wildman–Crippen MR) is 263 cm³/mol. The third-order valence-electron chi connectivity index (χ3n) is 12.9. The summed E-state index contributed by atoms with van der Waals surface area (Å²) in [5.74, 6) is 0. The summed E-state index contributed by atoms with van der Waals surface area (Å²) in [7, 11) is 0. The molecule has 0 atom stereocenters. The molecule has 290 valence electrons. The fourth-order valence-corrected chi connectivity index (χ4v) is 10.4. The molecule has 0 saturated carbocycles. The van der Waals surface area contributed by atoms with Gasteiger partial charge in [-0.15, -0.1) is 0 Å². The van der Waals surface area contributed by atoms with Crippen LogP contribution in [0.3, 0.4) is 0 Å². The Balaban J connectivity index is 1.31. The summed E-state index contributed by atoms with van der Waals surface area (Å²) in [6.07, 6.45) is 24.6. The topological polar surface area (TPSA) is 12.4 Å². The van der Waals surface area contributed by atoms with Crippen LogP contribution in [0.4, 0.5) is 0 Å². The summed E-state index contributed by atoms with van der Waals surface area (Å²) in [4.78, 5) is 4.98. The molecule has 1 heteroatoms. The highest BCUT2D eigenvalue weighted by molar-refractivity contribution is 6.35. The van der Waals surface area contributed by atoms with Crippen LogP contribution in [0.5, 0.6) is 0 Å². The van der Waals surface area contributed by atoms with E-state index in [1.807, 2.05) is 6.08 Å². The average molecular weight is 780 g/mol. The summed E-state index contributed by atoms with van der Waals surface area (Å²) >= 11 is 0. The van der Waals surface area contributed by atoms with E-state index in [0.29, 0.717) is 0 Å². The van der Waals surface area contributed by atoms with Gasteiger partial charge in [-0.25, -0.2) is 0 Å². The highest BCUT2D eigenvalue weighted by Crippen LogP contribution is 2.62. The molecule has 0 bridgehead atoms. The second-order valence-corrected chi connectivity index (χ2v) is 16.2. The van der Waals surface area contributed by atoms with Crippen LogP contribution in [0.25, 0.3) is 82.8 Å². The van der Waals surface area contributed by atoms with Crippen LogP contribution in [0.1, 0.15) is 48.4 Å². The summed E-state index contributed by atoms with van der Waals surface area (Å²) in [5.41, 5.74) is 22.9. The fourth-order valence-electron chi connectivity index (χ4n) is 10.4. The SMILES string of the molecule is C=C\C=C/C(=C\C)C1=C2/C(=C(/c3ccccc3)C/C=C\C=C/C\1)c1ccc3c4c(ccc2c14)-c1c-3c(-c2ccccc2)c2ccc(C3=NCCC=C3)cc2c1-c1ccccc1. The van der Waals surface area contributed by atoms with Gasteiger partial charge in [0.25, 0.3) is 0 Å². The van der Waals surface area contributed by atoms with Crippen LogP contribution in [0.15, 0.2) is 217 Å². The number of hydrogen-bond donors (Lipinski definition) is 0. The number of allylic oxidation sites excluding steroid dienone is 14. The number of rotatable bonds is 7. The van der Waals surface area contributed by atoms with Gasteiger partial charge in [0.15, 0.2) is 0 Å². The molecular weight excluding hydrogens is 735 g/mol. The minimum absolute atomic E-state index is 0.807. The van der Waals surface area contributed by atoms with Gasteiger partial charge in [0, 0.05) is 12.1 Å². The van der Waals surface area contributed by atoms with E-state index >= 15 is 0 Å². The highest BCUT2D eigenvalue weighted by atomic mass is 14.7. The van der Waals surface area contributed by atoms with Gasteiger partial charge >= 0.3 is 0 Å². The van der Waals surface area contributed by atoms with Crippen molar-refractivity contribution in [1.82, 2.24) is 0 Å². The van der Waals surface area contributed by atoms with Crippen LogP contribution >= 0.6 is 0 Å². The standard InChI is InChI=1S/C60H45N/c1-3-5-21-39(4-2)44-28-17-6-7-18-29-45(40-22-11-8-12-23-40)56-48-34-35-49-58-50(36-33-47(55(44)56)57(48)58)60-54(42-26-15-10-16-27-42)51-38-43(52-30-19-20-37-61-52)31-32-46(51)53(59(49)60)41-24-13-9-14-25-41/h3-19,21-27,30-36,38H,1,20,28-29,37H2,2H3/b17-6-,18-7-,21-5-,39-4+,55-44+,56-45+. The Morgan fingerprint density at radius 1 is 0.557 bits per heavy atom. The summed E-state index contributed by atoms with van der Waals surface area (Å²) < 4.78 is 0. The molecule has 61 heavy (non-hydrogen) atoms. The summed E-state index contributed by atoms with van der Waals surface area (Å²) in [6.45, 7) is 7.02. The zero-order valence-corrected chi connectivity index (χ0v) is 34.5. The van der Waals surface area contributed by atoms with Crippen molar-refractivity contribution in [3.05, 3.63) is 234 Å². The molecule has 1 heterocycles. The fraction of sp³-hybridized carbons (Fsp3) is 0.0833. The number of benzene rings is 7. The average Bonchev–Trinajstić information content (AvgIpc) is 3.83. The first-order valence-corrected chi connectivity index (χ1v) is 21.6. The van der Waals surface area contributed by atoms with E-state index in [0.717, 1.165) is 37.1 Å². The van der Waals surface area contributed by atoms with Crippen LogP contribution in [0, 0.1) is 0 Å². The van der Waals surface area contributed by atoms with E-state index < -0.39 is 0 Å². The molecule has 0 fully saturated rings. The maximum atomic E-state index is 4.98. The number of hydrogen-bond acceptors (Lipinski definition) is 1. The lowest BCUT2D eigenvalue weighted by Gasteiger charge is -2.21. The Labute approximate surface area is 358 Å². The summed E-state index contributed by atoms with van der Waals surface area (Å²) in [6, 6.07) is 50.0. The Morgan fingerprint density at radius 3 is 1.77 bits per heavy atom. The third kappa shape index (κ3) is 5.95. The molecule has 0 spiro atoms. The molecule has 0 saturated heterocycles. The first kappa shape index (κ1) is 36.7. The predicted octanol–water partition coefficient (Wildman–Crippen LogP) is 16.0. The van der Waals surface area contributed by atoms with Crippen LogP contribution < -0.4 is 0 Å². The van der Waals surface area contributed by atoms with E-state index in [1.54, 1.807) is 0 Å². The minimum atomic E-state index is 0.807. The van der Waals surface area contributed by atoms with E-state index in [9.17, 15) is 0 Å². The maximum Gasteiger partial charge on any atom is 0.0643 e. The molecule has 0 N–H and O–H groups in total. The smallest absolute Gasteiger partial charge is 0.0643 e. The van der Waals surface area contributed by atoms with Gasteiger partial charge in [-0.3, -0.25) is 4.99 Å². The zero-order chi connectivity index (χ0) is 40.9. The Kier molecular flexibility index (Phi) is 9.24. The number of aliphatic imine (C=N–C) groups is 1. The summed E-state index contributed by atoms with van der Waals surface area (Å²) in [5, 5.41) is 5.20. The maximum absolute atomic E-state index is 4.98. The largest absolute Gasteiger partial charge is 0.284 e. The van der Waals surface area contributed by atoms with Crippen molar-refractivity contribution < 1.29 is 0 Å². The monoisotopic (exact) mass is 779 g/mol. The van der Waals surface area contributed by atoms with Crippen molar-refractivity contribution in [3.63, 3.8) is 0 Å². The Bertz CT molecular complexity index is 3210. The number of dihydropyridines is 1. The second-order valence-electron chi connectivity index (χ2n) is 16.2. The van der Waals surface area contributed by atoms with E-state index in [2.05, 4.69) is 202 Å². The van der Waals surface area contributed by atoms with Crippen molar-refractivity contribution in [2.75, 3.05) is 6.54 Å². The molecule has 0 aromatic heterocycles. The van der Waals surface area contributed by atoms with Crippen LogP contribution in [-0.2, 0) is 0 Å². The van der Waals surface area contributed by atoms with Crippen molar-refractivity contribution in [2.45, 2.75) is 26.2 Å². The van der Waals surface area contributed by atoms with Crippen molar-refractivity contribution in [2.24, 2.45) is 4.99 Å². The molecule has 0 amide bonds. The van der Waals surface area contributed by atoms with Crippen molar-refractivity contribution >= 4 is 44.0 Å². The lowest BCUT2D eigenvalue weighted by Crippen LogP contribution is -2.03. The van der Waals surface area contributed by atoms with E-state index in [-0.39, 0.29) is 0 Å². The molecule has 3 aliphatic carbocycles. The second kappa shape index (κ2) is 15.4. The lowest BCUT2D eigenvalue weighted by atomic mass is 9.81. The van der Waals surface area contributed by atoms with Gasteiger partial charge in [0.2, 0.25) is 0 Å². The Hall–Kier alpha value is -7.35. The van der Waals surface area contributed by atoms with E-state index in [1.165, 1.54) is 111 Å². The molecule has 0 unspecified atom stereocenters. The van der Waals surface area contributed by atoms with Crippen molar-refractivity contribution in [1.29, 1.82) is 0 Å². The van der Waals surface area contributed by atoms with Crippen molar-refractivity contribution in [3.8, 4) is 44.5 Å². The third-order valence-corrected chi connectivity index (χ3v) is 12.9. The van der Waals surface area contributed by atoms with Gasteiger partial charge in [0.1, 0.15) is 0 Å². The van der Waals surface area contributed by atoms with Gasteiger partial charge in [-0.2, -0.15) is 0 Å². The Morgan fingerprint density at radius 2 is 1.15 bits per heavy atom. The minimum Gasteiger partial charge on any atom is -0.284 e. The molecule has 7 aromatic carbocycles. The molecule has 0 radical (unpaired) electrons. The molecule has 1 aliphatic heterocycles. The number of fused-ring (bicyclic) bond motifs is 7. The molecule has 1 nitrogen and oxygen atoms in total. The lowest BCUT2D eigenvalue weighted by molar-refractivity contribution is 0.994.